The fraction of sp³-hybridized carbons (Fsp3) is 0.400. The van der Waals surface area contributed by atoms with E-state index in [0.29, 0.717) is 24.3 Å². The maximum absolute atomic E-state index is 12.0. The molecule has 1 rings (SSSR count). The third-order valence-corrected chi connectivity index (χ3v) is 2.32. The number of nitro benzene ring substituents is 1. The highest BCUT2D eigenvalue weighted by Gasteiger charge is 2.15. The van der Waals surface area contributed by atoms with Gasteiger partial charge in [0.05, 0.1) is 4.92 Å². The molecule has 0 fully saturated rings. The Balaban J connectivity index is 2.96. The van der Waals surface area contributed by atoms with Crippen molar-refractivity contribution in [1.29, 1.82) is 0 Å². The zero-order valence-corrected chi connectivity index (χ0v) is 9.49. The summed E-state index contributed by atoms with van der Waals surface area (Å²) in [6, 6.07) is 3.55. The summed E-state index contributed by atoms with van der Waals surface area (Å²) in [5, 5.41) is 10.7. The highest BCUT2D eigenvalue weighted by molar-refractivity contribution is 6.17. The Morgan fingerprint density at radius 1 is 1.47 bits per heavy atom. The van der Waals surface area contributed by atoms with E-state index >= 15 is 0 Å². The van der Waals surface area contributed by atoms with Crippen LogP contribution in [0.5, 0.6) is 5.75 Å². The number of benzene rings is 1. The summed E-state index contributed by atoms with van der Waals surface area (Å²) in [6.07, 6.45) is 0.876. The molecule has 7 heteroatoms. The third kappa shape index (κ3) is 4.14. The lowest BCUT2D eigenvalue weighted by Crippen LogP contribution is -2.03. The molecule has 1 aromatic carbocycles. The van der Waals surface area contributed by atoms with E-state index in [0.717, 1.165) is 12.1 Å². The molecular formula is C10H10ClF2NO3. The highest BCUT2D eigenvalue weighted by atomic mass is 35.5. The number of halogens is 3. The zero-order chi connectivity index (χ0) is 12.8. The van der Waals surface area contributed by atoms with Crippen molar-refractivity contribution >= 4 is 17.3 Å². The first-order chi connectivity index (χ1) is 8.04. The number of aryl methyl sites for hydroxylation is 1. The number of nitro groups is 1. The summed E-state index contributed by atoms with van der Waals surface area (Å²) in [6.45, 7) is -2.95. The average Bonchev–Trinajstić information content (AvgIpc) is 2.25. The summed E-state index contributed by atoms with van der Waals surface area (Å²) in [7, 11) is 0. The van der Waals surface area contributed by atoms with Crippen LogP contribution in [-0.4, -0.2) is 17.4 Å². The van der Waals surface area contributed by atoms with E-state index in [-0.39, 0.29) is 11.4 Å². The second kappa shape index (κ2) is 6.34. The molecule has 0 radical (unpaired) electrons. The molecule has 0 unspecified atom stereocenters. The van der Waals surface area contributed by atoms with E-state index in [2.05, 4.69) is 4.74 Å². The van der Waals surface area contributed by atoms with Crippen LogP contribution in [0.1, 0.15) is 12.0 Å². The van der Waals surface area contributed by atoms with Gasteiger partial charge in [0.15, 0.2) is 0 Å². The molecule has 94 valence electrons. The average molecular weight is 266 g/mol. The number of hydrogen-bond donors (Lipinski definition) is 0. The van der Waals surface area contributed by atoms with E-state index < -0.39 is 11.5 Å². The van der Waals surface area contributed by atoms with E-state index in [1.807, 2.05) is 0 Å². The van der Waals surface area contributed by atoms with Crippen molar-refractivity contribution in [3.05, 3.63) is 33.9 Å². The quantitative estimate of drug-likeness (QED) is 0.450. The Kier molecular flexibility index (Phi) is 5.09. The van der Waals surface area contributed by atoms with Crippen molar-refractivity contribution < 1.29 is 18.4 Å². The second-order valence-electron chi connectivity index (χ2n) is 3.22. The normalized spacial score (nSPS) is 10.6. The summed E-state index contributed by atoms with van der Waals surface area (Å²) >= 11 is 5.49. The Morgan fingerprint density at radius 3 is 2.71 bits per heavy atom. The van der Waals surface area contributed by atoms with Gasteiger partial charge in [-0.05, 0) is 25.0 Å². The van der Waals surface area contributed by atoms with Crippen LogP contribution in [0.4, 0.5) is 14.5 Å². The van der Waals surface area contributed by atoms with Crippen LogP contribution < -0.4 is 4.74 Å². The van der Waals surface area contributed by atoms with Gasteiger partial charge in [0.1, 0.15) is 5.75 Å². The maximum atomic E-state index is 12.0. The maximum Gasteiger partial charge on any atom is 0.387 e. The van der Waals surface area contributed by atoms with Gasteiger partial charge in [-0.15, -0.1) is 11.6 Å². The van der Waals surface area contributed by atoms with Crippen molar-refractivity contribution in [1.82, 2.24) is 0 Å². The SMILES string of the molecule is O=[N+]([O-])c1ccc(OC(F)F)cc1CCCCl. The lowest BCUT2D eigenvalue weighted by atomic mass is 10.1. The van der Waals surface area contributed by atoms with Crippen molar-refractivity contribution in [2.24, 2.45) is 0 Å². The Hall–Kier alpha value is -1.43. The lowest BCUT2D eigenvalue weighted by Gasteiger charge is -2.07. The Bertz CT molecular complexity index is 401. The first-order valence-corrected chi connectivity index (χ1v) is 5.36. The van der Waals surface area contributed by atoms with Crippen LogP contribution in [0.25, 0.3) is 0 Å². The molecule has 0 atom stereocenters. The molecule has 1 aromatic rings. The Morgan fingerprint density at radius 2 is 2.18 bits per heavy atom. The van der Waals surface area contributed by atoms with Crippen LogP contribution in [0.15, 0.2) is 18.2 Å². The lowest BCUT2D eigenvalue weighted by molar-refractivity contribution is -0.385. The summed E-state index contributed by atoms with van der Waals surface area (Å²) in [4.78, 5) is 10.1. The molecule has 0 saturated carbocycles. The van der Waals surface area contributed by atoms with Gasteiger partial charge in [-0.1, -0.05) is 0 Å². The van der Waals surface area contributed by atoms with Gasteiger partial charge in [0.25, 0.3) is 5.69 Å². The highest BCUT2D eigenvalue weighted by Crippen LogP contribution is 2.26. The molecular weight excluding hydrogens is 256 g/mol. The molecule has 0 amide bonds. The van der Waals surface area contributed by atoms with Crippen molar-refractivity contribution in [3.63, 3.8) is 0 Å². The van der Waals surface area contributed by atoms with Crippen molar-refractivity contribution in [2.75, 3.05) is 5.88 Å². The van der Waals surface area contributed by atoms with Crippen molar-refractivity contribution in [3.8, 4) is 5.75 Å². The van der Waals surface area contributed by atoms with Gasteiger partial charge in [0.2, 0.25) is 0 Å². The third-order valence-electron chi connectivity index (χ3n) is 2.05. The second-order valence-corrected chi connectivity index (χ2v) is 3.60. The minimum atomic E-state index is -2.95. The van der Waals surface area contributed by atoms with Gasteiger partial charge < -0.3 is 4.74 Å². The summed E-state index contributed by atoms with van der Waals surface area (Å²) < 4.78 is 28.2. The molecule has 0 saturated heterocycles. The molecule has 0 bridgehead atoms. The first-order valence-electron chi connectivity index (χ1n) is 4.82. The van der Waals surface area contributed by atoms with Crippen LogP contribution in [0.3, 0.4) is 0 Å². The van der Waals surface area contributed by atoms with Gasteiger partial charge in [-0.2, -0.15) is 8.78 Å². The summed E-state index contributed by atoms with van der Waals surface area (Å²) in [5.41, 5.74) is 0.227. The number of ether oxygens (including phenoxy) is 1. The molecule has 17 heavy (non-hydrogen) atoms. The van der Waals surface area contributed by atoms with Gasteiger partial charge in [-0.3, -0.25) is 10.1 Å². The first kappa shape index (κ1) is 13.6. The topological polar surface area (TPSA) is 52.4 Å². The van der Waals surface area contributed by atoms with E-state index in [9.17, 15) is 18.9 Å². The Labute approximate surface area is 101 Å². The monoisotopic (exact) mass is 265 g/mol. The van der Waals surface area contributed by atoms with E-state index in [4.69, 9.17) is 11.6 Å². The van der Waals surface area contributed by atoms with Crippen LogP contribution in [0, 0.1) is 10.1 Å². The molecule has 0 aromatic heterocycles. The van der Waals surface area contributed by atoms with Crippen LogP contribution in [-0.2, 0) is 6.42 Å². The molecule has 0 aliphatic carbocycles. The molecule has 4 nitrogen and oxygen atoms in total. The molecule has 0 aliphatic heterocycles. The molecule has 0 aliphatic rings. The largest absolute Gasteiger partial charge is 0.435 e. The smallest absolute Gasteiger partial charge is 0.387 e. The predicted molar refractivity (Wildman–Crippen MR) is 58.8 cm³/mol. The fourth-order valence-corrected chi connectivity index (χ4v) is 1.51. The number of nitrogens with zero attached hydrogens (tertiary/aromatic N) is 1. The molecule has 0 heterocycles. The summed E-state index contributed by atoms with van der Waals surface area (Å²) in [5.74, 6) is 0.257. The van der Waals surface area contributed by atoms with Crippen molar-refractivity contribution in [2.45, 2.75) is 19.5 Å². The van der Waals surface area contributed by atoms with Gasteiger partial charge >= 0.3 is 6.61 Å². The fourth-order valence-electron chi connectivity index (χ4n) is 1.37. The van der Waals surface area contributed by atoms with Crippen LogP contribution in [0.2, 0.25) is 0 Å². The minimum absolute atomic E-state index is 0.0878. The zero-order valence-electron chi connectivity index (χ0n) is 8.74. The number of alkyl halides is 3. The molecule has 0 N–H and O–H groups in total. The van der Waals surface area contributed by atoms with Gasteiger partial charge in [0, 0.05) is 17.5 Å². The van der Waals surface area contributed by atoms with Crippen LogP contribution >= 0.6 is 11.6 Å². The predicted octanol–water partition coefficient (Wildman–Crippen LogP) is 3.37. The standard InChI is InChI=1S/C10H10ClF2NO3/c11-5-1-2-7-6-8(17-10(12)13)3-4-9(7)14(15)16/h3-4,6,10H,1-2,5H2. The minimum Gasteiger partial charge on any atom is -0.435 e. The number of hydrogen-bond acceptors (Lipinski definition) is 3. The van der Waals surface area contributed by atoms with E-state index in [1.54, 1.807) is 0 Å². The number of rotatable bonds is 6. The van der Waals surface area contributed by atoms with E-state index in [1.165, 1.54) is 6.07 Å². The van der Waals surface area contributed by atoms with Gasteiger partial charge in [-0.25, -0.2) is 0 Å². The molecule has 0 spiro atoms.